The lowest BCUT2D eigenvalue weighted by Crippen LogP contribution is -2.22. The molecule has 2 aromatic rings. The topological polar surface area (TPSA) is 50.4 Å². The van der Waals surface area contributed by atoms with Crippen molar-refractivity contribution >= 4 is 40.5 Å². The zero-order valence-corrected chi connectivity index (χ0v) is 14.7. The lowest BCUT2D eigenvalue weighted by Gasteiger charge is -2.13. The number of hydrogen-bond acceptors (Lipinski definition) is 3. The van der Waals surface area contributed by atoms with E-state index in [0.29, 0.717) is 28.1 Å². The molecule has 1 amide bonds. The van der Waals surface area contributed by atoms with Gasteiger partial charge in [-0.15, -0.1) is 0 Å². The highest BCUT2D eigenvalue weighted by atomic mass is 35.5. The lowest BCUT2D eigenvalue weighted by molar-refractivity contribution is -0.114. The molecule has 2 aromatic carbocycles. The largest absolute Gasteiger partial charge is 0.487 e. The van der Waals surface area contributed by atoms with Crippen LogP contribution in [0.3, 0.4) is 0 Å². The summed E-state index contributed by atoms with van der Waals surface area (Å²) >= 11 is 11.9. The van der Waals surface area contributed by atoms with Gasteiger partial charge in [0.1, 0.15) is 12.4 Å². The van der Waals surface area contributed by atoms with Crippen LogP contribution in [0.2, 0.25) is 10.0 Å². The van der Waals surface area contributed by atoms with Gasteiger partial charge in [-0.3, -0.25) is 4.79 Å². The molecule has 0 aromatic heterocycles. The molecular weight excluding hydrogens is 347 g/mol. The Bertz CT molecular complexity index is 748. The predicted octanol–water partition coefficient (Wildman–Crippen LogP) is 5.00. The van der Waals surface area contributed by atoms with Gasteiger partial charge in [0.05, 0.1) is 22.9 Å². The Morgan fingerprint density at radius 3 is 2.67 bits per heavy atom. The van der Waals surface area contributed by atoms with Crippen molar-refractivity contribution < 1.29 is 9.53 Å². The highest BCUT2D eigenvalue weighted by Crippen LogP contribution is 2.26. The second kappa shape index (κ2) is 8.62. The number of benzene rings is 2. The second-order valence-electron chi connectivity index (χ2n) is 5.27. The van der Waals surface area contributed by atoms with E-state index in [9.17, 15) is 4.79 Å². The second-order valence-corrected chi connectivity index (χ2v) is 6.11. The average Bonchev–Trinajstić information content (AvgIpc) is 2.55. The summed E-state index contributed by atoms with van der Waals surface area (Å²) in [5, 5.41) is 6.70. The number of carbonyl (C=O) groups is 1. The minimum atomic E-state index is -0.242. The fraction of sp³-hybridized carbons (Fsp3) is 0.167. The van der Waals surface area contributed by atoms with Gasteiger partial charge in [0.2, 0.25) is 5.91 Å². The summed E-state index contributed by atoms with van der Waals surface area (Å²) in [6.45, 7) is 6.18. The molecule has 0 aliphatic heterocycles. The van der Waals surface area contributed by atoms with Crippen LogP contribution >= 0.6 is 23.2 Å². The lowest BCUT2D eigenvalue weighted by atomic mass is 10.3. The van der Waals surface area contributed by atoms with Crippen molar-refractivity contribution in [1.29, 1.82) is 0 Å². The van der Waals surface area contributed by atoms with Crippen LogP contribution in [0.5, 0.6) is 5.75 Å². The van der Waals surface area contributed by atoms with Crippen LogP contribution in [0.25, 0.3) is 0 Å². The monoisotopic (exact) mass is 364 g/mol. The molecule has 0 fully saturated rings. The van der Waals surface area contributed by atoms with Crippen LogP contribution in [-0.4, -0.2) is 19.1 Å². The van der Waals surface area contributed by atoms with Gasteiger partial charge >= 0.3 is 0 Å². The van der Waals surface area contributed by atoms with Crippen molar-refractivity contribution in [1.82, 2.24) is 0 Å². The molecule has 4 nitrogen and oxygen atoms in total. The van der Waals surface area contributed by atoms with Gasteiger partial charge in [-0.1, -0.05) is 41.9 Å². The quantitative estimate of drug-likeness (QED) is 0.679. The molecule has 0 atom stereocenters. The van der Waals surface area contributed by atoms with Crippen molar-refractivity contribution in [3.63, 3.8) is 0 Å². The smallest absolute Gasteiger partial charge is 0.243 e. The Kier molecular flexibility index (Phi) is 6.53. The number of halogens is 2. The number of anilines is 2. The SMILES string of the molecule is C=C(C)COc1ccccc1NCC(=O)Nc1cc(Cl)ccc1Cl. The van der Waals surface area contributed by atoms with Gasteiger partial charge in [0.25, 0.3) is 0 Å². The highest BCUT2D eigenvalue weighted by molar-refractivity contribution is 6.35. The molecule has 2 rings (SSSR count). The normalized spacial score (nSPS) is 10.1. The van der Waals surface area contributed by atoms with E-state index >= 15 is 0 Å². The first-order valence-electron chi connectivity index (χ1n) is 7.30. The van der Waals surface area contributed by atoms with Crippen molar-refractivity contribution in [3.05, 3.63) is 64.7 Å². The first-order chi connectivity index (χ1) is 11.5. The van der Waals surface area contributed by atoms with Gasteiger partial charge < -0.3 is 15.4 Å². The summed E-state index contributed by atoms with van der Waals surface area (Å²) in [6, 6.07) is 12.3. The maximum absolute atomic E-state index is 12.1. The summed E-state index contributed by atoms with van der Waals surface area (Å²) in [5.74, 6) is 0.419. The third-order valence-electron chi connectivity index (χ3n) is 3.00. The predicted molar refractivity (Wildman–Crippen MR) is 100 cm³/mol. The number of ether oxygens (including phenoxy) is 1. The minimum Gasteiger partial charge on any atom is -0.487 e. The van der Waals surface area contributed by atoms with Gasteiger partial charge in [0, 0.05) is 5.02 Å². The molecule has 0 saturated heterocycles. The van der Waals surface area contributed by atoms with Gasteiger partial charge in [-0.2, -0.15) is 0 Å². The molecule has 0 unspecified atom stereocenters. The van der Waals surface area contributed by atoms with E-state index in [1.165, 1.54) is 0 Å². The average molecular weight is 365 g/mol. The molecule has 0 heterocycles. The molecule has 24 heavy (non-hydrogen) atoms. The minimum absolute atomic E-state index is 0.0658. The number of nitrogens with one attached hydrogen (secondary N) is 2. The molecule has 0 radical (unpaired) electrons. The Labute approximate surface area is 151 Å². The van der Waals surface area contributed by atoms with Crippen molar-refractivity contribution in [2.24, 2.45) is 0 Å². The van der Waals surface area contributed by atoms with Gasteiger partial charge in [-0.05, 0) is 42.8 Å². The highest BCUT2D eigenvalue weighted by Gasteiger charge is 2.08. The Balaban J connectivity index is 1.96. The molecule has 0 aliphatic carbocycles. The first-order valence-corrected chi connectivity index (χ1v) is 8.06. The number of amides is 1. The molecule has 0 spiro atoms. The third-order valence-corrected chi connectivity index (χ3v) is 3.57. The molecule has 0 aliphatic rings. The number of rotatable bonds is 7. The van der Waals surface area contributed by atoms with Gasteiger partial charge in [0.15, 0.2) is 0 Å². The van der Waals surface area contributed by atoms with E-state index < -0.39 is 0 Å². The molecule has 0 saturated carbocycles. The Morgan fingerprint density at radius 2 is 1.92 bits per heavy atom. The Hall–Kier alpha value is -2.17. The molecule has 2 N–H and O–H groups in total. The zero-order chi connectivity index (χ0) is 17.5. The fourth-order valence-corrected chi connectivity index (χ4v) is 2.24. The van der Waals surface area contributed by atoms with Crippen LogP contribution in [-0.2, 0) is 4.79 Å². The maximum atomic E-state index is 12.1. The molecule has 0 bridgehead atoms. The van der Waals surface area contributed by atoms with Crippen molar-refractivity contribution in [3.8, 4) is 5.75 Å². The number of carbonyl (C=O) groups excluding carboxylic acids is 1. The maximum Gasteiger partial charge on any atom is 0.243 e. The van der Waals surface area contributed by atoms with Crippen LogP contribution in [0, 0.1) is 0 Å². The number of para-hydroxylation sites is 2. The fourth-order valence-electron chi connectivity index (χ4n) is 1.90. The van der Waals surface area contributed by atoms with E-state index in [-0.39, 0.29) is 12.5 Å². The Morgan fingerprint density at radius 1 is 1.17 bits per heavy atom. The summed E-state index contributed by atoms with van der Waals surface area (Å²) in [5.41, 5.74) is 2.12. The standard InChI is InChI=1S/C18H18Cl2N2O2/c1-12(2)11-24-17-6-4-3-5-15(17)21-10-18(23)22-16-9-13(19)7-8-14(16)20/h3-9,21H,1,10-11H2,2H3,(H,22,23). The zero-order valence-electron chi connectivity index (χ0n) is 13.2. The van der Waals surface area contributed by atoms with Crippen LogP contribution in [0.4, 0.5) is 11.4 Å². The van der Waals surface area contributed by atoms with Crippen molar-refractivity contribution in [2.45, 2.75) is 6.92 Å². The summed E-state index contributed by atoms with van der Waals surface area (Å²) in [6.07, 6.45) is 0. The van der Waals surface area contributed by atoms with Crippen molar-refractivity contribution in [2.75, 3.05) is 23.8 Å². The van der Waals surface area contributed by atoms with Crippen LogP contribution in [0.15, 0.2) is 54.6 Å². The van der Waals surface area contributed by atoms with E-state index in [1.54, 1.807) is 18.2 Å². The van der Waals surface area contributed by atoms with Crippen LogP contribution < -0.4 is 15.4 Å². The third kappa shape index (κ3) is 5.48. The van der Waals surface area contributed by atoms with E-state index in [0.717, 1.165) is 11.3 Å². The summed E-state index contributed by atoms with van der Waals surface area (Å²) in [7, 11) is 0. The summed E-state index contributed by atoms with van der Waals surface area (Å²) < 4.78 is 5.65. The van der Waals surface area contributed by atoms with E-state index in [2.05, 4.69) is 17.2 Å². The van der Waals surface area contributed by atoms with E-state index in [1.807, 2.05) is 31.2 Å². The van der Waals surface area contributed by atoms with E-state index in [4.69, 9.17) is 27.9 Å². The molecule has 126 valence electrons. The molecular formula is C18H18Cl2N2O2. The number of hydrogen-bond donors (Lipinski definition) is 2. The van der Waals surface area contributed by atoms with Crippen LogP contribution in [0.1, 0.15) is 6.92 Å². The molecule has 6 heteroatoms. The summed E-state index contributed by atoms with van der Waals surface area (Å²) in [4.78, 5) is 12.1. The van der Waals surface area contributed by atoms with Gasteiger partial charge in [-0.25, -0.2) is 0 Å². The first kappa shape index (κ1) is 18.2.